The van der Waals surface area contributed by atoms with E-state index in [1.165, 1.54) is 11.1 Å². The molecule has 0 saturated heterocycles. The van der Waals surface area contributed by atoms with Crippen LogP contribution in [0.3, 0.4) is 0 Å². The third kappa shape index (κ3) is 2.73. The normalized spacial score (nSPS) is 13.7. The summed E-state index contributed by atoms with van der Waals surface area (Å²) < 4.78 is 0. The van der Waals surface area contributed by atoms with E-state index in [4.69, 9.17) is 0 Å². The summed E-state index contributed by atoms with van der Waals surface area (Å²) in [6, 6.07) is 14.2. The van der Waals surface area contributed by atoms with Crippen LogP contribution in [0.4, 0.5) is 0 Å². The van der Waals surface area contributed by atoms with Crippen molar-refractivity contribution in [2.45, 2.75) is 19.5 Å². The fourth-order valence-corrected chi connectivity index (χ4v) is 3.20. The smallest absolute Gasteiger partial charge is 0.251 e. The Kier molecular flexibility index (Phi) is 3.60. The number of H-pyrrole nitrogens is 1. The monoisotopic (exact) mass is 305 g/mol. The molecule has 3 aromatic rings. The standard InChI is InChI=1S/C19H19N3O/c23-19(15-5-4-13-6-8-20-11-17(13)10-15)22-12-16-3-1-2-14-7-9-21-18(14)16/h1-5,7,9-10,20-21H,6,8,11-12H2,(H,22,23). The molecule has 4 rings (SSSR count). The van der Waals surface area contributed by atoms with Crippen molar-refractivity contribution in [3.63, 3.8) is 0 Å². The maximum Gasteiger partial charge on any atom is 0.251 e. The third-order valence-corrected chi connectivity index (χ3v) is 4.47. The van der Waals surface area contributed by atoms with Gasteiger partial charge in [0.15, 0.2) is 0 Å². The summed E-state index contributed by atoms with van der Waals surface area (Å²) in [5.74, 6) is -0.0260. The van der Waals surface area contributed by atoms with Gasteiger partial charge in [-0.05, 0) is 53.2 Å². The van der Waals surface area contributed by atoms with E-state index in [9.17, 15) is 4.79 Å². The number of aromatic nitrogens is 1. The molecule has 0 radical (unpaired) electrons. The van der Waals surface area contributed by atoms with Crippen LogP contribution in [0.25, 0.3) is 10.9 Å². The quantitative estimate of drug-likeness (QED) is 0.697. The molecule has 1 aromatic heterocycles. The number of carbonyl (C=O) groups is 1. The minimum absolute atomic E-state index is 0.0260. The average Bonchev–Trinajstić information content (AvgIpc) is 3.08. The van der Waals surface area contributed by atoms with Gasteiger partial charge < -0.3 is 15.6 Å². The largest absolute Gasteiger partial charge is 0.361 e. The lowest BCUT2D eigenvalue weighted by Gasteiger charge is -2.17. The van der Waals surface area contributed by atoms with E-state index < -0.39 is 0 Å². The highest BCUT2D eigenvalue weighted by Crippen LogP contribution is 2.18. The molecule has 23 heavy (non-hydrogen) atoms. The van der Waals surface area contributed by atoms with E-state index in [0.29, 0.717) is 6.54 Å². The van der Waals surface area contributed by atoms with Gasteiger partial charge in [-0.2, -0.15) is 0 Å². The zero-order valence-electron chi connectivity index (χ0n) is 12.9. The molecule has 0 bridgehead atoms. The van der Waals surface area contributed by atoms with Crippen LogP contribution in [0, 0.1) is 0 Å². The zero-order chi connectivity index (χ0) is 15.6. The number of carbonyl (C=O) groups excluding carboxylic acids is 1. The van der Waals surface area contributed by atoms with E-state index >= 15 is 0 Å². The highest BCUT2D eigenvalue weighted by Gasteiger charge is 2.12. The van der Waals surface area contributed by atoms with Crippen molar-refractivity contribution in [1.82, 2.24) is 15.6 Å². The highest BCUT2D eigenvalue weighted by molar-refractivity contribution is 5.94. The first-order chi connectivity index (χ1) is 11.3. The van der Waals surface area contributed by atoms with Crippen molar-refractivity contribution >= 4 is 16.8 Å². The number of nitrogens with one attached hydrogen (secondary N) is 3. The van der Waals surface area contributed by atoms with E-state index in [2.05, 4.69) is 27.8 Å². The number of hydrogen-bond acceptors (Lipinski definition) is 2. The van der Waals surface area contributed by atoms with Crippen LogP contribution >= 0.6 is 0 Å². The Morgan fingerprint density at radius 2 is 2.09 bits per heavy atom. The predicted molar refractivity (Wildman–Crippen MR) is 91.3 cm³/mol. The topological polar surface area (TPSA) is 56.9 Å². The van der Waals surface area contributed by atoms with E-state index in [-0.39, 0.29) is 5.91 Å². The van der Waals surface area contributed by atoms with E-state index in [1.54, 1.807) is 0 Å². The van der Waals surface area contributed by atoms with Gasteiger partial charge in [0.05, 0.1) is 5.52 Å². The van der Waals surface area contributed by atoms with Gasteiger partial charge in [0.25, 0.3) is 5.91 Å². The van der Waals surface area contributed by atoms with Gasteiger partial charge >= 0.3 is 0 Å². The van der Waals surface area contributed by atoms with Crippen molar-refractivity contribution in [3.05, 3.63) is 70.9 Å². The Morgan fingerprint density at radius 1 is 1.13 bits per heavy atom. The fraction of sp³-hybridized carbons (Fsp3) is 0.211. The molecule has 116 valence electrons. The van der Waals surface area contributed by atoms with E-state index in [0.717, 1.165) is 41.5 Å². The molecular formula is C19H19N3O. The summed E-state index contributed by atoms with van der Waals surface area (Å²) >= 11 is 0. The molecule has 0 saturated carbocycles. The minimum atomic E-state index is -0.0260. The summed E-state index contributed by atoms with van der Waals surface area (Å²) in [4.78, 5) is 15.7. The molecule has 3 N–H and O–H groups in total. The van der Waals surface area contributed by atoms with Crippen LogP contribution in [-0.4, -0.2) is 17.4 Å². The lowest BCUT2D eigenvalue weighted by atomic mass is 9.98. The van der Waals surface area contributed by atoms with E-state index in [1.807, 2.05) is 36.5 Å². The van der Waals surface area contributed by atoms with Crippen molar-refractivity contribution in [1.29, 1.82) is 0 Å². The minimum Gasteiger partial charge on any atom is -0.361 e. The van der Waals surface area contributed by atoms with Crippen LogP contribution in [0.15, 0.2) is 48.7 Å². The van der Waals surface area contributed by atoms with Crippen molar-refractivity contribution < 1.29 is 4.79 Å². The number of rotatable bonds is 3. The summed E-state index contributed by atoms with van der Waals surface area (Å²) in [7, 11) is 0. The van der Waals surface area contributed by atoms with Gasteiger partial charge in [0, 0.05) is 24.8 Å². The fourth-order valence-electron chi connectivity index (χ4n) is 3.20. The predicted octanol–water partition coefficient (Wildman–Crippen LogP) is 2.74. The molecule has 2 aromatic carbocycles. The summed E-state index contributed by atoms with van der Waals surface area (Å²) in [5, 5.41) is 7.53. The number of benzene rings is 2. The van der Waals surface area contributed by atoms with Crippen LogP contribution < -0.4 is 10.6 Å². The molecular weight excluding hydrogens is 286 g/mol. The van der Waals surface area contributed by atoms with Crippen LogP contribution in [0.5, 0.6) is 0 Å². The lowest BCUT2D eigenvalue weighted by Crippen LogP contribution is -2.26. The van der Waals surface area contributed by atoms with Crippen molar-refractivity contribution in [2.24, 2.45) is 0 Å². The van der Waals surface area contributed by atoms with Crippen LogP contribution in [0.1, 0.15) is 27.0 Å². The van der Waals surface area contributed by atoms with Gasteiger partial charge in [0.2, 0.25) is 0 Å². The Balaban J connectivity index is 1.51. The summed E-state index contributed by atoms with van der Waals surface area (Å²) in [6.07, 6.45) is 2.96. The van der Waals surface area contributed by atoms with Crippen LogP contribution in [-0.2, 0) is 19.5 Å². The van der Waals surface area contributed by atoms with Gasteiger partial charge in [-0.1, -0.05) is 24.3 Å². The summed E-state index contributed by atoms with van der Waals surface area (Å²) in [6.45, 7) is 2.38. The number of amides is 1. The second-order valence-electron chi connectivity index (χ2n) is 5.95. The average molecular weight is 305 g/mol. The molecule has 0 unspecified atom stereocenters. The molecule has 1 aliphatic heterocycles. The Labute approximate surface area is 134 Å². The molecule has 4 heteroatoms. The number of aromatic amines is 1. The number of hydrogen-bond donors (Lipinski definition) is 3. The molecule has 0 spiro atoms. The SMILES string of the molecule is O=C(NCc1cccc2cc[nH]c12)c1ccc2c(c1)CNCC2. The molecule has 1 amide bonds. The van der Waals surface area contributed by atoms with Gasteiger partial charge in [-0.15, -0.1) is 0 Å². The first-order valence-electron chi connectivity index (χ1n) is 7.97. The second kappa shape index (κ2) is 5.89. The third-order valence-electron chi connectivity index (χ3n) is 4.47. The molecule has 2 heterocycles. The molecule has 0 fully saturated rings. The molecule has 1 aliphatic rings. The maximum atomic E-state index is 12.4. The molecule has 4 nitrogen and oxygen atoms in total. The van der Waals surface area contributed by atoms with Gasteiger partial charge in [-0.25, -0.2) is 0 Å². The van der Waals surface area contributed by atoms with Crippen molar-refractivity contribution in [2.75, 3.05) is 6.54 Å². The maximum absolute atomic E-state index is 12.4. The van der Waals surface area contributed by atoms with Crippen molar-refractivity contribution in [3.8, 4) is 0 Å². The first kappa shape index (κ1) is 14.0. The van der Waals surface area contributed by atoms with Gasteiger partial charge in [0.1, 0.15) is 0 Å². The number of fused-ring (bicyclic) bond motifs is 2. The molecule has 0 aliphatic carbocycles. The zero-order valence-corrected chi connectivity index (χ0v) is 12.9. The number of para-hydroxylation sites is 1. The Morgan fingerprint density at radius 3 is 3.04 bits per heavy atom. The lowest BCUT2D eigenvalue weighted by molar-refractivity contribution is 0.0951. The molecule has 0 atom stereocenters. The first-order valence-corrected chi connectivity index (χ1v) is 7.97. The van der Waals surface area contributed by atoms with Gasteiger partial charge in [-0.3, -0.25) is 4.79 Å². The second-order valence-corrected chi connectivity index (χ2v) is 5.95. The highest BCUT2D eigenvalue weighted by atomic mass is 16.1. The Hall–Kier alpha value is -2.59. The van der Waals surface area contributed by atoms with Crippen LogP contribution in [0.2, 0.25) is 0 Å². The Bertz CT molecular complexity index is 866. The summed E-state index contributed by atoms with van der Waals surface area (Å²) in [5.41, 5.74) is 5.49.